The number of rotatable bonds is 6. The fourth-order valence-electron chi connectivity index (χ4n) is 3.69. The Kier molecular flexibility index (Phi) is 6.31. The number of likely N-dealkylation sites (tertiary alicyclic amines) is 1. The fourth-order valence-corrected chi connectivity index (χ4v) is 3.69. The molecule has 7 heteroatoms. The number of carbonyl (C=O) groups excluding carboxylic acids is 1. The molecule has 1 aromatic rings. The minimum atomic E-state index is -0.847. The maximum absolute atomic E-state index is 14.0. The molecule has 3 heterocycles. The second-order valence-corrected chi connectivity index (χ2v) is 7.13. The van der Waals surface area contributed by atoms with Crippen molar-refractivity contribution < 1.29 is 13.9 Å². The van der Waals surface area contributed by atoms with Gasteiger partial charge >= 0.3 is 0 Å². The van der Waals surface area contributed by atoms with E-state index < -0.39 is 6.17 Å². The number of hydrogen-bond acceptors (Lipinski definition) is 5. The number of nitrogens with zero attached hydrogens (tertiary/aromatic N) is 4. The summed E-state index contributed by atoms with van der Waals surface area (Å²) in [5.74, 6) is 0.0807. The van der Waals surface area contributed by atoms with Crippen LogP contribution in [0, 0.1) is 0 Å². The third-order valence-corrected chi connectivity index (χ3v) is 5.06. The van der Waals surface area contributed by atoms with Gasteiger partial charge in [-0.3, -0.25) is 9.69 Å². The van der Waals surface area contributed by atoms with Crippen LogP contribution < -0.4 is 0 Å². The molecule has 0 saturated carbocycles. The first-order valence-electron chi connectivity index (χ1n) is 9.09. The van der Waals surface area contributed by atoms with Crippen LogP contribution in [0.25, 0.3) is 0 Å². The minimum Gasteiger partial charge on any atom is -0.378 e. The predicted molar refractivity (Wildman–Crippen MR) is 91.6 cm³/mol. The maximum Gasteiger partial charge on any atom is 0.224 e. The monoisotopic (exact) mass is 350 g/mol. The summed E-state index contributed by atoms with van der Waals surface area (Å²) in [6.07, 6.45) is 8.24. The van der Waals surface area contributed by atoms with Crippen LogP contribution in [0.15, 0.2) is 18.7 Å². The Hall–Kier alpha value is -1.60. The molecular weight excluding hydrogens is 323 g/mol. The summed E-state index contributed by atoms with van der Waals surface area (Å²) in [7, 11) is 1.81. The SMILES string of the molecule is CN(C[C@@H]1C[C@H](F)CN1Cc1cncnc1)C(=O)CC1CCCCO1. The molecule has 0 N–H and O–H groups in total. The Bertz CT molecular complexity index is 553. The highest BCUT2D eigenvalue weighted by Crippen LogP contribution is 2.24. The van der Waals surface area contributed by atoms with Gasteiger partial charge in [-0.1, -0.05) is 0 Å². The average molecular weight is 350 g/mol. The standard InChI is InChI=1S/C18H27FN4O2/c1-22(18(24)7-17-4-2-3-5-25-17)12-16-6-15(19)11-23(16)10-14-8-20-13-21-9-14/h8-9,13,15-17H,2-7,10-12H2,1H3/t15-,16-,17?/m0/s1. The van der Waals surface area contributed by atoms with Crippen molar-refractivity contribution in [2.24, 2.45) is 0 Å². The molecule has 1 unspecified atom stereocenters. The van der Waals surface area contributed by atoms with Crippen molar-refractivity contribution in [3.8, 4) is 0 Å². The van der Waals surface area contributed by atoms with Gasteiger partial charge in [-0.2, -0.15) is 0 Å². The molecule has 6 nitrogen and oxygen atoms in total. The summed E-state index contributed by atoms with van der Waals surface area (Å²) in [6.45, 7) is 2.30. The maximum atomic E-state index is 14.0. The van der Waals surface area contributed by atoms with Gasteiger partial charge in [-0.15, -0.1) is 0 Å². The molecule has 1 aromatic heterocycles. The Balaban J connectivity index is 1.52. The molecule has 0 spiro atoms. The van der Waals surface area contributed by atoms with E-state index in [2.05, 4.69) is 14.9 Å². The van der Waals surface area contributed by atoms with E-state index in [0.717, 1.165) is 31.4 Å². The molecule has 0 bridgehead atoms. The largest absolute Gasteiger partial charge is 0.378 e. The first kappa shape index (κ1) is 18.2. The van der Waals surface area contributed by atoms with Gasteiger partial charge in [0.15, 0.2) is 0 Å². The molecule has 2 fully saturated rings. The second kappa shape index (κ2) is 8.67. The Morgan fingerprint density at radius 2 is 2.20 bits per heavy atom. The van der Waals surface area contributed by atoms with E-state index in [1.54, 1.807) is 24.3 Å². The second-order valence-electron chi connectivity index (χ2n) is 7.13. The lowest BCUT2D eigenvalue weighted by Gasteiger charge is -2.30. The number of amides is 1. The summed E-state index contributed by atoms with van der Waals surface area (Å²) in [4.78, 5) is 24.3. The molecule has 138 valence electrons. The van der Waals surface area contributed by atoms with Gasteiger partial charge in [-0.25, -0.2) is 14.4 Å². The van der Waals surface area contributed by atoms with Gasteiger partial charge in [0.25, 0.3) is 0 Å². The van der Waals surface area contributed by atoms with E-state index in [1.165, 1.54) is 6.33 Å². The molecule has 3 atom stereocenters. The zero-order chi connectivity index (χ0) is 17.6. The molecule has 2 aliphatic heterocycles. The van der Waals surface area contributed by atoms with Crippen LogP contribution in [0.1, 0.15) is 37.7 Å². The van der Waals surface area contributed by atoms with Gasteiger partial charge < -0.3 is 9.64 Å². The highest BCUT2D eigenvalue weighted by Gasteiger charge is 2.33. The molecule has 2 aliphatic rings. The molecule has 25 heavy (non-hydrogen) atoms. The molecule has 1 amide bonds. The van der Waals surface area contributed by atoms with Crippen LogP contribution in [-0.2, 0) is 16.1 Å². The van der Waals surface area contributed by atoms with Gasteiger partial charge in [0.05, 0.1) is 12.5 Å². The summed E-state index contributed by atoms with van der Waals surface area (Å²) >= 11 is 0. The lowest BCUT2D eigenvalue weighted by Crippen LogP contribution is -2.42. The fraction of sp³-hybridized carbons (Fsp3) is 0.722. The number of halogens is 1. The molecule has 3 rings (SSSR count). The Labute approximate surface area is 148 Å². The molecule has 0 radical (unpaired) electrons. The van der Waals surface area contributed by atoms with Crippen LogP contribution in [-0.4, -0.2) is 70.7 Å². The Morgan fingerprint density at radius 1 is 1.40 bits per heavy atom. The molecule has 2 saturated heterocycles. The quantitative estimate of drug-likeness (QED) is 0.783. The lowest BCUT2D eigenvalue weighted by molar-refractivity contribution is -0.134. The number of ether oxygens (including phenoxy) is 1. The van der Waals surface area contributed by atoms with Crippen molar-refractivity contribution in [3.05, 3.63) is 24.3 Å². The molecule has 0 aliphatic carbocycles. The normalized spacial score (nSPS) is 27.4. The van der Waals surface area contributed by atoms with Crippen LogP contribution in [0.3, 0.4) is 0 Å². The van der Waals surface area contributed by atoms with Crippen molar-refractivity contribution in [1.82, 2.24) is 19.8 Å². The summed E-state index contributed by atoms with van der Waals surface area (Å²) in [6, 6.07) is 0.0245. The van der Waals surface area contributed by atoms with Crippen LogP contribution in [0.4, 0.5) is 4.39 Å². The highest BCUT2D eigenvalue weighted by atomic mass is 19.1. The summed E-state index contributed by atoms with van der Waals surface area (Å²) in [5, 5.41) is 0. The molecule has 0 aromatic carbocycles. The highest BCUT2D eigenvalue weighted by molar-refractivity contribution is 5.76. The van der Waals surface area contributed by atoms with E-state index in [0.29, 0.717) is 32.5 Å². The van der Waals surface area contributed by atoms with E-state index in [1.807, 2.05) is 0 Å². The zero-order valence-corrected chi connectivity index (χ0v) is 14.8. The third-order valence-electron chi connectivity index (χ3n) is 5.06. The van der Waals surface area contributed by atoms with Gasteiger partial charge in [-0.05, 0) is 25.7 Å². The van der Waals surface area contributed by atoms with E-state index in [9.17, 15) is 9.18 Å². The van der Waals surface area contributed by atoms with Gasteiger partial charge in [0.2, 0.25) is 5.91 Å². The average Bonchev–Trinajstić information content (AvgIpc) is 2.95. The third kappa shape index (κ3) is 5.19. The van der Waals surface area contributed by atoms with Gasteiger partial charge in [0, 0.05) is 57.3 Å². The molecular formula is C18H27FN4O2. The van der Waals surface area contributed by atoms with Crippen LogP contribution >= 0.6 is 0 Å². The number of hydrogen-bond donors (Lipinski definition) is 0. The summed E-state index contributed by atoms with van der Waals surface area (Å²) in [5.41, 5.74) is 0.964. The number of carbonyl (C=O) groups is 1. The zero-order valence-electron chi connectivity index (χ0n) is 14.8. The van der Waals surface area contributed by atoms with E-state index in [-0.39, 0.29) is 18.1 Å². The Morgan fingerprint density at radius 3 is 2.92 bits per heavy atom. The topological polar surface area (TPSA) is 58.6 Å². The van der Waals surface area contributed by atoms with Crippen molar-refractivity contribution >= 4 is 5.91 Å². The smallest absolute Gasteiger partial charge is 0.224 e. The predicted octanol–water partition coefficient (Wildman–Crippen LogP) is 1.81. The minimum absolute atomic E-state index is 0.0245. The van der Waals surface area contributed by atoms with Crippen molar-refractivity contribution in [3.63, 3.8) is 0 Å². The van der Waals surface area contributed by atoms with E-state index >= 15 is 0 Å². The number of likely N-dealkylation sites (N-methyl/N-ethyl adjacent to an activating group) is 1. The first-order chi connectivity index (χ1) is 12.1. The lowest BCUT2D eigenvalue weighted by atomic mass is 10.1. The van der Waals surface area contributed by atoms with Crippen molar-refractivity contribution in [2.75, 3.05) is 26.7 Å². The first-order valence-corrected chi connectivity index (χ1v) is 9.09. The van der Waals surface area contributed by atoms with Gasteiger partial charge in [0.1, 0.15) is 12.5 Å². The van der Waals surface area contributed by atoms with Crippen LogP contribution in [0.5, 0.6) is 0 Å². The van der Waals surface area contributed by atoms with E-state index in [4.69, 9.17) is 4.74 Å². The van der Waals surface area contributed by atoms with Crippen molar-refractivity contribution in [2.45, 2.75) is 57.0 Å². The summed E-state index contributed by atoms with van der Waals surface area (Å²) < 4.78 is 19.6. The van der Waals surface area contributed by atoms with Crippen molar-refractivity contribution in [1.29, 1.82) is 0 Å². The van der Waals surface area contributed by atoms with Crippen LogP contribution in [0.2, 0.25) is 0 Å². The number of alkyl halides is 1. The number of aromatic nitrogens is 2.